The lowest BCUT2D eigenvalue weighted by Gasteiger charge is -2.09. The third kappa shape index (κ3) is 2.22. The minimum atomic E-state index is 0.116. The molecule has 0 aromatic heterocycles. The second-order valence-corrected chi connectivity index (χ2v) is 5.86. The lowest BCUT2D eigenvalue weighted by molar-refractivity contribution is 0.105. The van der Waals surface area contributed by atoms with Gasteiger partial charge < -0.3 is 0 Å². The fourth-order valence-electron chi connectivity index (χ4n) is 3.23. The molecule has 1 aliphatic rings. The minimum absolute atomic E-state index is 0.116. The monoisotopic (exact) mass is 296 g/mol. The van der Waals surface area contributed by atoms with Crippen LogP contribution < -0.4 is 0 Å². The zero-order chi connectivity index (χ0) is 15.8. The van der Waals surface area contributed by atoms with Crippen LogP contribution in [0.25, 0.3) is 11.1 Å². The molecule has 0 heterocycles. The van der Waals surface area contributed by atoms with E-state index in [9.17, 15) is 4.79 Å². The Morgan fingerprint density at radius 2 is 1.17 bits per heavy atom. The van der Waals surface area contributed by atoms with Gasteiger partial charge in [-0.05, 0) is 23.6 Å². The Hall–Kier alpha value is -2.93. The van der Waals surface area contributed by atoms with Crippen molar-refractivity contribution in [3.8, 4) is 0 Å². The molecule has 1 heteroatoms. The third-order valence-electron chi connectivity index (χ3n) is 4.29. The summed E-state index contributed by atoms with van der Waals surface area (Å²) in [6.07, 6.45) is 0. The van der Waals surface area contributed by atoms with Gasteiger partial charge in [0.25, 0.3) is 0 Å². The van der Waals surface area contributed by atoms with Gasteiger partial charge >= 0.3 is 0 Å². The molecular formula is C22H16O. The maximum Gasteiger partial charge on any atom is 0.194 e. The highest BCUT2D eigenvalue weighted by Gasteiger charge is 2.31. The van der Waals surface area contributed by atoms with Gasteiger partial charge in [0.2, 0.25) is 0 Å². The number of Topliss-reactive ketones (excluding diaryl/α,β-unsaturated/α-hetero) is 1. The van der Waals surface area contributed by atoms with Crippen molar-refractivity contribution in [3.05, 3.63) is 107 Å². The predicted molar refractivity (Wildman–Crippen MR) is 94.3 cm³/mol. The molecule has 110 valence electrons. The van der Waals surface area contributed by atoms with Crippen LogP contribution in [0.3, 0.4) is 0 Å². The van der Waals surface area contributed by atoms with E-state index in [0.29, 0.717) is 0 Å². The van der Waals surface area contributed by atoms with E-state index in [1.54, 1.807) is 0 Å². The van der Waals surface area contributed by atoms with Gasteiger partial charge in [-0.2, -0.15) is 0 Å². The first kappa shape index (κ1) is 13.7. The van der Waals surface area contributed by atoms with E-state index in [0.717, 1.165) is 33.4 Å². The Kier molecular flexibility index (Phi) is 3.20. The molecular weight excluding hydrogens is 280 g/mol. The molecule has 3 aromatic carbocycles. The van der Waals surface area contributed by atoms with Crippen molar-refractivity contribution >= 4 is 16.9 Å². The summed E-state index contributed by atoms with van der Waals surface area (Å²) >= 11 is 0. The maximum atomic E-state index is 13.0. The van der Waals surface area contributed by atoms with Crippen LogP contribution in [-0.4, -0.2) is 5.78 Å². The Balaban J connectivity index is 2.06. The molecule has 0 saturated heterocycles. The van der Waals surface area contributed by atoms with Gasteiger partial charge in [-0.1, -0.05) is 84.4 Å². The second-order valence-electron chi connectivity index (χ2n) is 5.86. The van der Waals surface area contributed by atoms with Crippen molar-refractivity contribution in [2.24, 2.45) is 0 Å². The van der Waals surface area contributed by atoms with Crippen molar-refractivity contribution in [3.63, 3.8) is 0 Å². The van der Waals surface area contributed by atoms with Crippen molar-refractivity contribution in [2.75, 3.05) is 0 Å². The molecule has 0 fully saturated rings. The molecule has 0 N–H and O–H groups in total. The number of hydrogen-bond donors (Lipinski definition) is 0. The van der Waals surface area contributed by atoms with E-state index in [1.165, 1.54) is 5.56 Å². The number of carbonyl (C=O) groups is 1. The normalized spacial score (nSPS) is 13.3. The molecule has 0 unspecified atom stereocenters. The van der Waals surface area contributed by atoms with Gasteiger partial charge in [-0.15, -0.1) is 0 Å². The molecule has 3 aromatic rings. The Bertz CT molecular complexity index is 919. The number of allylic oxidation sites excluding steroid dienone is 1. The number of aryl methyl sites for hydroxylation is 1. The lowest BCUT2D eigenvalue weighted by atomic mass is 9.94. The number of ketones is 1. The average Bonchev–Trinajstić information content (AvgIpc) is 2.88. The van der Waals surface area contributed by atoms with Crippen LogP contribution in [0.5, 0.6) is 0 Å². The molecule has 23 heavy (non-hydrogen) atoms. The van der Waals surface area contributed by atoms with E-state index >= 15 is 0 Å². The average molecular weight is 296 g/mol. The Morgan fingerprint density at radius 3 is 1.78 bits per heavy atom. The van der Waals surface area contributed by atoms with Crippen molar-refractivity contribution in [1.82, 2.24) is 0 Å². The fourth-order valence-corrected chi connectivity index (χ4v) is 3.23. The lowest BCUT2D eigenvalue weighted by Crippen LogP contribution is -1.98. The molecule has 0 spiro atoms. The van der Waals surface area contributed by atoms with Crippen LogP contribution in [0.2, 0.25) is 0 Å². The van der Waals surface area contributed by atoms with Crippen molar-refractivity contribution in [2.45, 2.75) is 6.92 Å². The number of fused-ring (bicyclic) bond motifs is 1. The Labute approximate surface area is 135 Å². The number of rotatable bonds is 2. The summed E-state index contributed by atoms with van der Waals surface area (Å²) < 4.78 is 0. The largest absolute Gasteiger partial charge is 0.289 e. The van der Waals surface area contributed by atoms with Gasteiger partial charge in [0.15, 0.2) is 5.78 Å². The van der Waals surface area contributed by atoms with Crippen molar-refractivity contribution < 1.29 is 4.79 Å². The molecule has 1 aliphatic carbocycles. The summed E-state index contributed by atoms with van der Waals surface area (Å²) in [6, 6.07) is 26.2. The first-order valence-corrected chi connectivity index (χ1v) is 7.76. The third-order valence-corrected chi connectivity index (χ3v) is 4.29. The zero-order valence-electron chi connectivity index (χ0n) is 12.9. The fraction of sp³-hybridized carbons (Fsp3) is 0.0455. The molecule has 0 saturated carbocycles. The first-order chi connectivity index (χ1) is 11.3. The summed E-state index contributed by atoms with van der Waals surface area (Å²) in [7, 11) is 0. The van der Waals surface area contributed by atoms with Crippen LogP contribution in [0, 0.1) is 6.92 Å². The van der Waals surface area contributed by atoms with Crippen LogP contribution in [0.4, 0.5) is 0 Å². The van der Waals surface area contributed by atoms with Gasteiger partial charge in [0, 0.05) is 16.7 Å². The molecule has 0 bridgehead atoms. The molecule has 1 nitrogen and oxygen atoms in total. The standard InChI is InChI=1S/C22H16O/c1-15-12-13-18-19(14-15)20(16-8-4-2-5-9-16)21(22(18)23)17-10-6-3-7-11-17/h2-14H,1H3. The zero-order valence-corrected chi connectivity index (χ0v) is 12.9. The first-order valence-electron chi connectivity index (χ1n) is 7.76. The highest BCUT2D eigenvalue weighted by atomic mass is 16.1. The van der Waals surface area contributed by atoms with Gasteiger partial charge in [-0.3, -0.25) is 4.79 Å². The molecule has 0 amide bonds. The highest BCUT2D eigenvalue weighted by molar-refractivity contribution is 6.41. The van der Waals surface area contributed by atoms with Gasteiger partial charge in [0.1, 0.15) is 0 Å². The summed E-state index contributed by atoms with van der Waals surface area (Å²) in [5, 5.41) is 0. The summed E-state index contributed by atoms with van der Waals surface area (Å²) in [6.45, 7) is 2.06. The summed E-state index contributed by atoms with van der Waals surface area (Å²) in [5.74, 6) is 0.116. The molecule has 0 radical (unpaired) electrons. The van der Waals surface area contributed by atoms with Crippen molar-refractivity contribution in [1.29, 1.82) is 0 Å². The summed E-state index contributed by atoms with van der Waals surface area (Å²) in [4.78, 5) is 13.0. The summed E-state index contributed by atoms with van der Waals surface area (Å²) in [5.41, 5.74) is 6.92. The van der Waals surface area contributed by atoms with E-state index < -0.39 is 0 Å². The SMILES string of the molecule is Cc1ccc2c(c1)C(c1ccccc1)=C(c1ccccc1)C2=O. The van der Waals surface area contributed by atoms with Gasteiger partial charge in [0.05, 0.1) is 0 Å². The topological polar surface area (TPSA) is 17.1 Å². The van der Waals surface area contributed by atoms with Crippen LogP contribution in [-0.2, 0) is 0 Å². The quantitative estimate of drug-likeness (QED) is 0.639. The smallest absolute Gasteiger partial charge is 0.194 e. The van der Waals surface area contributed by atoms with Crippen LogP contribution in [0.1, 0.15) is 32.6 Å². The van der Waals surface area contributed by atoms with Gasteiger partial charge in [-0.25, -0.2) is 0 Å². The number of carbonyl (C=O) groups excluding carboxylic acids is 1. The van der Waals surface area contributed by atoms with E-state index in [2.05, 4.69) is 25.1 Å². The van der Waals surface area contributed by atoms with Crippen LogP contribution in [0.15, 0.2) is 78.9 Å². The second kappa shape index (κ2) is 5.36. The van der Waals surface area contributed by atoms with Crippen LogP contribution >= 0.6 is 0 Å². The molecule has 0 aliphatic heterocycles. The number of hydrogen-bond acceptors (Lipinski definition) is 1. The maximum absolute atomic E-state index is 13.0. The molecule has 0 atom stereocenters. The molecule has 4 rings (SSSR count). The van der Waals surface area contributed by atoms with E-state index in [4.69, 9.17) is 0 Å². The predicted octanol–water partition coefficient (Wildman–Crippen LogP) is 5.15. The Morgan fingerprint density at radius 1 is 0.609 bits per heavy atom. The number of benzene rings is 3. The minimum Gasteiger partial charge on any atom is -0.289 e. The highest BCUT2D eigenvalue weighted by Crippen LogP contribution is 2.42. The van der Waals surface area contributed by atoms with E-state index in [-0.39, 0.29) is 5.78 Å². The van der Waals surface area contributed by atoms with E-state index in [1.807, 2.05) is 60.7 Å².